The number of hydrogen-bond acceptors (Lipinski definition) is 5. The Bertz CT molecular complexity index is 392. The van der Waals surface area contributed by atoms with Crippen LogP contribution in [-0.4, -0.2) is 38.8 Å². The molecule has 1 fully saturated rings. The molecule has 1 atom stereocenters. The van der Waals surface area contributed by atoms with Crippen LogP contribution in [0.15, 0.2) is 0 Å². The molecule has 108 valence electrons. The molecule has 2 heterocycles. The topological polar surface area (TPSA) is 37.4 Å². The van der Waals surface area contributed by atoms with Gasteiger partial charge in [0.05, 0.1) is 12.3 Å². The maximum absolute atomic E-state index is 5.30. The molecule has 2 rings (SSSR count). The summed E-state index contributed by atoms with van der Waals surface area (Å²) in [5.74, 6) is 0.653. The van der Waals surface area contributed by atoms with Gasteiger partial charge in [0.15, 0.2) is 5.13 Å². The third kappa shape index (κ3) is 3.68. The molecule has 4 nitrogen and oxygen atoms in total. The highest BCUT2D eigenvalue weighted by atomic mass is 32.1. The number of thiazole rings is 1. The van der Waals surface area contributed by atoms with Crippen LogP contribution in [0.2, 0.25) is 0 Å². The number of piperidine rings is 1. The molecule has 1 aliphatic rings. The van der Waals surface area contributed by atoms with Gasteiger partial charge in [0.1, 0.15) is 0 Å². The van der Waals surface area contributed by atoms with Gasteiger partial charge in [-0.2, -0.15) is 0 Å². The van der Waals surface area contributed by atoms with Crippen molar-refractivity contribution in [3.05, 3.63) is 10.6 Å². The molecule has 19 heavy (non-hydrogen) atoms. The maximum Gasteiger partial charge on any atom is 0.185 e. The first kappa shape index (κ1) is 14.8. The van der Waals surface area contributed by atoms with Crippen molar-refractivity contribution >= 4 is 16.5 Å². The molecule has 1 aromatic heterocycles. The highest BCUT2D eigenvalue weighted by Gasteiger charge is 2.23. The van der Waals surface area contributed by atoms with Gasteiger partial charge in [0.2, 0.25) is 0 Å². The largest absolute Gasteiger partial charge is 0.384 e. The highest BCUT2D eigenvalue weighted by Crippen LogP contribution is 2.30. The minimum atomic E-state index is 0.653. The van der Waals surface area contributed by atoms with Crippen LogP contribution >= 0.6 is 11.3 Å². The lowest BCUT2D eigenvalue weighted by Crippen LogP contribution is -2.37. The van der Waals surface area contributed by atoms with Crippen molar-refractivity contribution in [3.63, 3.8) is 0 Å². The number of anilines is 1. The molecule has 0 bridgehead atoms. The van der Waals surface area contributed by atoms with Gasteiger partial charge in [-0.15, -0.1) is 11.3 Å². The molecule has 1 aromatic rings. The lowest BCUT2D eigenvalue weighted by atomic mass is 9.99. The van der Waals surface area contributed by atoms with Crippen LogP contribution < -0.4 is 10.2 Å². The van der Waals surface area contributed by atoms with Crippen molar-refractivity contribution in [1.29, 1.82) is 0 Å². The van der Waals surface area contributed by atoms with Crippen LogP contribution in [0.5, 0.6) is 0 Å². The Hall–Kier alpha value is -0.650. The summed E-state index contributed by atoms with van der Waals surface area (Å²) in [5, 5.41) is 4.43. The molecule has 0 spiro atoms. The van der Waals surface area contributed by atoms with Gasteiger partial charge in [-0.1, -0.05) is 6.92 Å². The molecule has 1 aliphatic heterocycles. The van der Waals surface area contributed by atoms with Crippen LogP contribution in [0.25, 0.3) is 0 Å². The fourth-order valence-corrected chi connectivity index (χ4v) is 3.89. The second-order valence-corrected chi connectivity index (χ2v) is 6.22. The zero-order valence-electron chi connectivity index (χ0n) is 12.2. The summed E-state index contributed by atoms with van der Waals surface area (Å²) in [5.41, 5.74) is 1.25. The molecule has 0 aromatic carbocycles. The van der Waals surface area contributed by atoms with Crippen LogP contribution in [0, 0.1) is 5.92 Å². The van der Waals surface area contributed by atoms with Crippen LogP contribution in [-0.2, 0) is 17.7 Å². The smallest absolute Gasteiger partial charge is 0.185 e. The Morgan fingerprint density at radius 1 is 1.53 bits per heavy atom. The second kappa shape index (κ2) is 7.22. The molecule has 5 heteroatoms. The summed E-state index contributed by atoms with van der Waals surface area (Å²) >= 11 is 1.85. The first-order chi connectivity index (χ1) is 9.28. The number of nitrogens with one attached hydrogen (secondary N) is 1. The fraction of sp³-hybridized carbons (Fsp3) is 0.786. The molecular weight excluding hydrogens is 258 g/mol. The molecule has 1 unspecified atom stereocenters. The van der Waals surface area contributed by atoms with E-state index in [9.17, 15) is 0 Å². The second-order valence-electron chi connectivity index (χ2n) is 5.16. The third-order valence-corrected chi connectivity index (χ3v) is 4.79. The molecule has 0 radical (unpaired) electrons. The van der Waals surface area contributed by atoms with Crippen molar-refractivity contribution in [2.24, 2.45) is 5.92 Å². The zero-order valence-corrected chi connectivity index (χ0v) is 13.1. The van der Waals surface area contributed by atoms with E-state index in [-0.39, 0.29) is 0 Å². The number of rotatable bonds is 6. The third-order valence-electron chi connectivity index (χ3n) is 3.63. The summed E-state index contributed by atoms with van der Waals surface area (Å²) in [4.78, 5) is 8.65. The van der Waals surface area contributed by atoms with E-state index in [0.717, 1.165) is 32.7 Å². The number of nitrogens with zero attached hydrogens (tertiary/aromatic N) is 2. The van der Waals surface area contributed by atoms with Crippen molar-refractivity contribution in [1.82, 2.24) is 10.3 Å². The normalized spacial score (nSPS) is 19.9. The van der Waals surface area contributed by atoms with E-state index < -0.39 is 0 Å². The number of methoxy groups -OCH3 is 1. The van der Waals surface area contributed by atoms with E-state index in [2.05, 4.69) is 17.1 Å². The molecule has 0 saturated carbocycles. The van der Waals surface area contributed by atoms with Crippen LogP contribution in [0.4, 0.5) is 5.13 Å². The first-order valence-electron chi connectivity index (χ1n) is 7.15. The van der Waals surface area contributed by atoms with Gasteiger partial charge >= 0.3 is 0 Å². The average Bonchev–Trinajstić information content (AvgIpc) is 2.83. The number of aromatic nitrogens is 1. The van der Waals surface area contributed by atoms with E-state index >= 15 is 0 Å². The van der Waals surface area contributed by atoms with Gasteiger partial charge in [0.25, 0.3) is 0 Å². The van der Waals surface area contributed by atoms with Gasteiger partial charge in [-0.05, 0) is 32.2 Å². The summed E-state index contributed by atoms with van der Waals surface area (Å²) in [6.45, 7) is 6.20. The summed E-state index contributed by atoms with van der Waals surface area (Å²) in [7, 11) is 3.79. The lowest BCUT2D eigenvalue weighted by Gasteiger charge is -2.32. The van der Waals surface area contributed by atoms with Crippen molar-refractivity contribution in [2.75, 3.05) is 38.8 Å². The predicted molar refractivity (Wildman–Crippen MR) is 81.1 cm³/mol. The van der Waals surface area contributed by atoms with Gasteiger partial charge in [-0.3, -0.25) is 0 Å². The molecule has 1 saturated heterocycles. The highest BCUT2D eigenvalue weighted by molar-refractivity contribution is 7.15. The van der Waals surface area contributed by atoms with Crippen molar-refractivity contribution < 1.29 is 4.74 Å². The van der Waals surface area contributed by atoms with E-state index in [1.807, 2.05) is 18.4 Å². The van der Waals surface area contributed by atoms with Crippen molar-refractivity contribution in [2.45, 2.75) is 32.7 Å². The Morgan fingerprint density at radius 3 is 3.05 bits per heavy atom. The van der Waals surface area contributed by atoms with Crippen LogP contribution in [0.1, 0.15) is 30.3 Å². The summed E-state index contributed by atoms with van der Waals surface area (Å²) in [6.07, 6.45) is 3.54. The monoisotopic (exact) mass is 283 g/mol. The predicted octanol–water partition coefficient (Wildman–Crippen LogP) is 2.29. The van der Waals surface area contributed by atoms with Crippen LogP contribution in [0.3, 0.4) is 0 Å². The average molecular weight is 283 g/mol. The molecular formula is C14H25N3OS. The van der Waals surface area contributed by atoms with E-state index in [1.165, 1.54) is 28.5 Å². The maximum atomic E-state index is 5.30. The molecule has 1 N–H and O–H groups in total. The number of hydrogen-bond donors (Lipinski definition) is 1. The standard InChI is InChI=1S/C14H25N3OS/c1-4-12-13(8-15-2)19-14(16-12)17-7-5-6-11(9-17)10-18-3/h11,15H,4-10H2,1-3H3. The SMILES string of the molecule is CCc1nc(N2CCCC(COC)C2)sc1CNC. The van der Waals surface area contributed by atoms with Crippen molar-refractivity contribution in [3.8, 4) is 0 Å². The minimum absolute atomic E-state index is 0.653. The number of aryl methyl sites for hydroxylation is 1. The van der Waals surface area contributed by atoms with E-state index in [1.54, 1.807) is 7.11 Å². The Balaban J connectivity index is 2.07. The Labute approximate surface area is 120 Å². The van der Waals surface area contributed by atoms with Gasteiger partial charge in [0, 0.05) is 31.6 Å². The molecule has 0 amide bonds. The Kier molecular flexibility index (Phi) is 5.60. The fourth-order valence-electron chi connectivity index (χ4n) is 2.69. The quantitative estimate of drug-likeness (QED) is 0.869. The molecule has 0 aliphatic carbocycles. The zero-order chi connectivity index (χ0) is 13.7. The Morgan fingerprint density at radius 2 is 2.37 bits per heavy atom. The van der Waals surface area contributed by atoms with E-state index in [4.69, 9.17) is 9.72 Å². The van der Waals surface area contributed by atoms with E-state index in [0.29, 0.717) is 5.92 Å². The number of ether oxygens (including phenoxy) is 1. The summed E-state index contributed by atoms with van der Waals surface area (Å²) in [6, 6.07) is 0. The lowest BCUT2D eigenvalue weighted by molar-refractivity contribution is 0.143. The van der Waals surface area contributed by atoms with Gasteiger partial charge in [-0.25, -0.2) is 4.98 Å². The first-order valence-corrected chi connectivity index (χ1v) is 7.97. The minimum Gasteiger partial charge on any atom is -0.384 e. The summed E-state index contributed by atoms with van der Waals surface area (Å²) < 4.78 is 5.30. The van der Waals surface area contributed by atoms with Gasteiger partial charge < -0.3 is 15.0 Å².